The Balaban J connectivity index is 1.42. The van der Waals surface area contributed by atoms with Gasteiger partial charge in [-0.25, -0.2) is 0 Å². The summed E-state index contributed by atoms with van der Waals surface area (Å²) in [5, 5.41) is 25.3. The zero-order valence-electron chi connectivity index (χ0n) is 13.3. The number of carbonyl (C=O) groups excluding carboxylic acids is 1. The van der Waals surface area contributed by atoms with Crippen LogP contribution in [0.2, 0.25) is 0 Å². The summed E-state index contributed by atoms with van der Waals surface area (Å²) in [6.45, 7) is 0. The first-order chi connectivity index (χ1) is 12.6. The van der Waals surface area contributed by atoms with Crippen molar-refractivity contribution in [2.24, 2.45) is 0 Å². The lowest BCUT2D eigenvalue weighted by Gasteiger charge is -2.11. The molecule has 26 heavy (non-hydrogen) atoms. The Labute approximate surface area is 151 Å². The fourth-order valence-corrected chi connectivity index (χ4v) is 3.59. The van der Waals surface area contributed by atoms with Crippen molar-refractivity contribution in [3.8, 4) is 0 Å². The van der Waals surface area contributed by atoms with Crippen molar-refractivity contribution in [3.63, 3.8) is 0 Å². The van der Waals surface area contributed by atoms with Crippen molar-refractivity contribution in [1.82, 2.24) is 10.2 Å². The minimum Gasteiger partial charge on any atom is -0.395 e. The van der Waals surface area contributed by atoms with Crippen molar-refractivity contribution in [3.05, 3.63) is 63.4 Å². The number of rotatable bonds is 5. The molecule has 2 aromatic heterocycles. The molecule has 0 radical (unpaired) electrons. The van der Waals surface area contributed by atoms with E-state index < -0.39 is 16.7 Å². The molecule has 2 heterocycles. The summed E-state index contributed by atoms with van der Waals surface area (Å²) in [6.07, 6.45) is 1.98. The van der Waals surface area contributed by atoms with Crippen molar-refractivity contribution in [2.75, 3.05) is 10.6 Å². The molecule has 9 nitrogen and oxygen atoms in total. The maximum absolute atomic E-state index is 12.1. The van der Waals surface area contributed by atoms with Gasteiger partial charge < -0.3 is 9.73 Å². The van der Waals surface area contributed by atoms with Gasteiger partial charge in [-0.3, -0.25) is 20.2 Å². The van der Waals surface area contributed by atoms with Crippen LogP contribution in [0.25, 0.3) is 0 Å². The van der Waals surface area contributed by atoms with E-state index in [9.17, 15) is 14.9 Å². The zero-order valence-corrected chi connectivity index (χ0v) is 14.2. The first-order valence-corrected chi connectivity index (χ1v) is 8.65. The summed E-state index contributed by atoms with van der Waals surface area (Å²) in [5.74, 6) is -1.27. The van der Waals surface area contributed by atoms with Gasteiger partial charge in [-0.2, -0.15) is 0 Å². The average molecular weight is 371 g/mol. The monoisotopic (exact) mass is 371 g/mol. The standard InChI is InChI=1S/C16H13N5O4S/c22-14(12-7-8-13(25-12)21(23)24)18-16-20-19-15(26-16)17-11-6-5-9-3-1-2-4-10(9)11/h1-4,7-8,11H,5-6H2,(H,17,19)(H,18,20,22). The SMILES string of the molecule is O=C(Nc1nnc(NC2CCc3ccccc32)s1)c1ccc([N+](=O)[O-])o1. The number of aryl methyl sites for hydroxylation is 1. The Kier molecular flexibility index (Phi) is 4.09. The molecule has 1 amide bonds. The van der Waals surface area contributed by atoms with Crippen LogP contribution in [0, 0.1) is 10.1 Å². The Bertz CT molecular complexity index is 982. The average Bonchev–Trinajstić information content (AvgIpc) is 3.35. The fourth-order valence-electron chi connectivity index (χ4n) is 2.89. The van der Waals surface area contributed by atoms with Gasteiger partial charge in [0.1, 0.15) is 4.92 Å². The number of fused-ring (bicyclic) bond motifs is 1. The molecular weight excluding hydrogens is 358 g/mol. The molecule has 10 heteroatoms. The quantitative estimate of drug-likeness (QED) is 0.520. The molecule has 0 spiro atoms. The number of nitrogens with zero attached hydrogens (tertiary/aromatic N) is 3. The molecule has 0 saturated carbocycles. The molecule has 2 N–H and O–H groups in total. The van der Waals surface area contributed by atoms with Crippen LogP contribution in [0.3, 0.4) is 0 Å². The molecule has 132 valence electrons. The third-order valence-corrected chi connectivity index (χ3v) is 4.84. The van der Waals surface area contributed by atoms with Gasteiger partial charge in [0.15, 0.2) is 5.76 Å². The van der Waals surface area contributed by atoms with Gasteiger partial charge in [0.2, 0.25) is 10.3 Å². The maximum Gasteiger partial charge on any atom is 0.433 e. The Morgan fingerprint density at radius 2 is 2.04 bits per heavy atom. The van der Waals surface area contributed by atoms with Crippen LogP contribution in [0.1, 0.15) is 34.1 Å². The highest BCUT2D eigenvalue weighted by Gasteiger charge is 2.23. The van der Waals surface area contributed by atoms with Crippen LogP contribution in [0.4, 0.5) is 16.1 Å². The zero-order chi connectivity index (χ0) is 18.1. The Morgan fingerprint density at radius 3 is 2.85 bits per heavy atom. The highest BCUT2D eigenvalue weighted by molar-refractivity contribution is 7.19. The van der Waals surface area contributed by atoms with Crippen LogP contribution in [-0.4, -0.2) is 21.0 Å². The molecule has 1 aliphatic carbocycles. The van der Waals surface area contributed by atoms with E-state index in [4.69, 9.17) is 4.42 Å². The number of anilines is 2. The first-order valence-electron chi connectivity index (χ1n) is 7.83. The molecule has 1 unspecified atom stereocenters. The van der Waals surface area contributed by atoms with E-state index in [2.05, 4.69) is 33.0 Å². The van der Waals surface area contributed by atoms with Crippen LogP contribution >= 0.6 is 11.3 Å². The predicted octanol–water partition coefficient (Wildman–Crippen LogP) is 3.39. The number of carbonyl (C=O) groups is 1. The molecule has 0 aliphatic heterocycles. The minimum atomic E-state index is -0.705. The number of nitrogens with one attached hydrogen (secondary N) is 2. The third-order valence-electron chi connectivity index (χ3n) is 4.07. The van der Waals surface area contributed by atoms with E-state index >= 15 is 0 Å². The largest absolute Gasteiger partial charge is 0.433 e. The topological polar surface area (TPSA) is 123 Å². The van der Waals surface area contributed by atoms with Crippen molar-refractivity contribution in [2.45, 2.75) is 18.9 Å². The lowest BCUT2D eigenvalue weighted by Crippen LogP contribution is -2.10. The second kappa shape index (κ2) is 6.56. The summed E-state index contributed by atoms with van der Waals surface area (Å²) in [5.41, 5.74) is 2.57. The predicted molar refractivity (Wildman–Crippen MR) is 94.4 cm³/mol. The Hall–Kier alpha value is -3.27. The van der Waals surface area contributed by atoms with Crippen molar-refractivity contribution < 1.29 is 14.1 Å². The molecule has 0 bridgehead atoms. The van der Waals surface area contributed by atoms with E-state index in [0.717, 1.165) is 18.9 Å². The van der Waals surface area contributed by atoms with E-state index in [0.29, 0.717) is 5.13 Å². The normalized spacial score (nSPS) is 15.5. The van der Waals surface area contributed by atoms with Crippen molar-refractivity contribution in [1.29, 1.82) is 0 Å². The molecule has 1 atom stereocenters. The molecule has 1 aliphatic rings. The van der Waals surface area contributed by atoms with Gasteiger partial charge >= 0.3 is 5.88 Å². The number of nitro groups is 1. The van der Waals surface area contributed by atoms with Crippen LogP contribution in [0.5, 0.6) is 0 Å². The lowest BCUT2D eigenvalue weighted by atomic mass is 10.1. The highest BCUT2D eigenvalue weighted by atomic mass is 32.1. The van der Waals surface area contributed by atoms with Crippen LogP contribution in [-0.2, 0) is 6.42 Å². The molecular formula is C16H13N5O4S. The molecule has 4 rings (SSSR count). The van der Waals surface area contributed by atoms with Gasteiger partial charge in [0.25, 0.3) is 5.91 Å². The smallest absolute Gasteiger partial charge is 0.395 e. The van der Waals surface area contributed by atoms with E-state index in [1.165, 1.54) is 28.5 Å². The molecule has 3 aromatic rings. The van der Waals surface area contributed by atoms with Gasteiger partial charge in [-0.05, 0) is 30.0 Å². The van der Waals surface area contributed by atoms with Gasteiger partial charge in [0.05, 0.1) is 12.1 Å². The number of hydrogen-bond acceptors (Lipinski definition) is 8. The van der Waals surface area contributed by atoms with Gasteiger partial charge in [0, 0.05) is 0 Å². The van der Waals surface area contributed by atoms with Crippen molar-refractivity contribution >= 4 is 33.4 Å². The molecule has 0 saturated heterocycles. The number of amides is 1. The molecule has 0 fully saturated rings. The maximum atomic E-state index is 12.1. The number of furan rings is 1. The summed E-state index contributed by atoms with van der Waals surface area (Å²) in [7, 11) is 0. The number of aromatic nitrogens is 2. The summed E-state index contributed by atoms with van der Waals surface area (Å²) in [6, 6.07) is 10.8. The second-order valence-corrected chi connectivity index (χ2v) is 6.67. The second-order valence-electron chi connectivity index (χ2n) is 5.70. The van der Waals surface area contributed by atoms with E-state index in [-0.39, 0.29) is 16.9 Å². The minimum absolute atomic E-state index is 0.161. The van der Waals surface area contributed by atoms with Crippen LogP contribution < -0.4 is 10.6 Å². The third kappa shape index (κ3) is 3.14. The van der Waals surface area contributed by atoms with Crippen LogP contribution in [0.15, 0.2) is 40.8 Å². The summed E-state index contributed by atoms with van der Waals surface area (Å²) >= 11 is 1.19. The number of hydrogen-bond donors (Lipinski definition) is 2. The van der Waals surface area contributed by atoms with Gasteiger partial charge in [-0.15, -0.1) is 10.2 Å². The number of benzene rings is 1. The van der Waals surface area contributed by atoms with E-state index in [1.807, 2.05) is 12.1 Å². The first kappa shape index (κ1) is 16.2. The highest BCUT2D eigenvalue weighted by Crippen LogP contribution is 2.34. The summed E-state index contributed by atoms with van der Waals surface area (Å²) < 4.78 is 4.86. The lowest BCUT2D eigenvalue weighted by molar-refractivity contribution is -0.402. The van der Waals surface area contributed by atoms with E-state index in [1.54, 1.807) is 0 Å². The summed E-state index contributed by atoms with van der Waals surface area (Å²) in [4.78, 5) is 22.0. The molecule has 1 aromatic carbocycles. The van der Waals surface area contributed by atoms with Gasteiger partial charge in [-0.1, -0.05) is 35.6 Å². The fraction of sp³-hybridized carbons (Fsp3) is 0.188. The Morgan fingerprint density at radius 1 is 1.23 bits per heavy atom.